The number of methoxy groups -OCH3 is 1. The highest BCUT2D eigenvalue weighted by molar-refractivity contribution is 5.87. The predicted molar refractivity (Wildman–Crippen MR) is 98.7 cm³/mol. The van der Waals surface area contributed by atoms with Crippen molar-refractivity contribution in [3.63, 3.8) is 0 Å². The molecule has 0 fully saturated rings. The van der Waals surface area contributed by atoms with E-state index in [1.165, 1.54) is 0 Å². The van der Waals surface area contributed by atoms with Crippen LogP contribution in [0.15, 0.2) is 42.5 Å². The van der Waals surface area contributed by atoms with Gasteiger partial charge in [-0.25, -0.2) is 9.78 Å². The van der Waals surface area contributed by atoms with Crippen LogP contribution < -0.4 is 10.1 Å². The first kappa shape index (κ1) is 16.6. The number of benzene rings is 2. The smallest absolute Gasteiger partial charge is 0.413 e. The molecule has 0 aliphatic rings. The number of amides is 1. The first-order valence-electron chi connectivity index (χ1n) is 7.93. The molecular weight excluding hydrogens is 318 g/mol. The lowest BCUT2D eigenvalue weighted by Crippen LogP contribution is -2.14. The average molecular weight is 337 g/mol. The molecule has 3 rings (SSSR count). The van der Waals surface area contributed by atoms with Gasteiger partial charge in [0.25, 0.3) is 0 Å². The van der Waals surface area contributed by atoms with E-state index in [9.17, 15) is 4.79 Å². The Morgan fingerprint density at radius 3 is 2.60 bits per heavy atom. The van der Waals surface area contributed by atoms with Gasteiger partial charge in [-0.3, -0.25) is 5.32 Å². The number of imidazole rings is 1. The highest BCUT2D eigenvalue weighted by Crippen LogP contribution is 2.19. The first-order valence-corrected chi connectivity index (χ1v) is 7.93. The van der Waals surface area contributed by atoms with Crippen LogP contribution in [0.25, 0.3) is 23.2 Å². The topological polar surface area (TPSA) is 76.2 Å². The molecule has 128 valence electrons. The zero-order valence-electron chi connectivity index (χ0n) is 14.1. The molecule has 0 atom stereocenters. The Bertz CT molecular complexity index is 898. The van der Waals surface area contributed by atoms with Crippen molar-refractivity contribution < 1.29 is 14.3 Å². The number of fused-ring (bicyclic) bond motifs is 1. The second-order valence-corrected chi connectivity index (χ2v) is 5.31. The molecule has 1 amide bonds. The second-order valence-electron chi connectivity index (χ2n) is 5.31. The van der Waals surface area contributed by atoms with Crippen LogP contribution in [0.5, 0.6) is 5.75 Å². The lowest BCUT2D eigenvalue weighted by molar-refractivity contribution is 0.167. The number of H-pyrrole nitrogens is 1. The van der Waals surface area contributed by atoms with Gasteiger partial charge in [0.1, 0.15) is 5.75 Å². The van der Waals surface area contributed by atoms with E-state index in [4.69, 9.17) is 9.47 Å². The van der Waals surface area contributed by atoms with Gasteiger partial charge in [-0.1, -0.05) is 30.4 Å². The van der Waals surface area contributed by atoms with Crippen molar-refractivity contribution >= 4 is 35.2 Å². The number of hydrogen-bond donors (Lipinski definition) is 2. The van der Waals surface area contributed by atoms with Crippen molar-refractivity contribution in [2.24, 2.45) is 0 Å². The summed E-state index contributed by atoms with van der Waals surface area (Å²) in [6.07, 6.45) is 3.51. The summed E-state index contributed by atoms with van der Waals surface area (Å²) in [6.45, 7) is 2.06. The highest BCUT2D eigenvalue weighted by Gasteiger charge is 2.07. The van der Waals surface area contributed by atoms with Crippen LogP contribution >= 0.6 is 0 Å². The van der Waals surface area contributed by atoms with Crippen molar-refractivity contribution in [2.45, 2.75) is 6.92 Å². The van der Waals surface area contributed by atoms with Gasteiger partial charge in [-0.05, 0) is 42.3 Å². The molecule has 6 heteroatoms. The van der Waals surface area contributed by atoms with Crippen LogP contribution in [-0.2, 0) is 4.74 Å². The van der Waals surface area contributed by atoms with Crippen molar-refractivity contribution in [1.29, 1.82) is 0 Å². The number of carbonyl (C=O) groups is 1. The Balaban J connectivity index is 1.75. The minimum atomic E-state index is -0.527. The molecule has 25 heavy (non-hydrogen) atoms. The quantitative estimate of drug-likeness (QED) is 0.680. The molecule has 0 spiro atoms. The number of aromatic amines is 1. The van der Waals surface area contributed by atoms with E-state index < -0.39 is 6.09 Å². The molecular formula is C19H19N3O3. The minimum absolute atomic E-state index is 0.312. The molecule has 0 unspecified atom stereocenters. The van der Waals surface area contributed by atoms with Crippen LogP contribution in [0.4, 0.5) is 10.7 Å². The maximum absolute atomic E-state index is 11.4. The Labute approximate surface area is 145 Å². The summed E-state index contributed by atoms with van der Waals surface area (Å²) in [5, 5.41) is 2.56. The number of nitrogens with zero attached hydrogens (tertiary/aromatic N) is 1. The number of hydrogen-bond acceptors (Lipinski definition) is 4. The van der Waals surface area contributed by atoms with E-state index in [2.05, 4.69) is 15.3 Å². The molecule has 0 saturated carbocycles. The number of ether oxygens (including phenoxy) is 2. The molecule has 0 bridgehead atoms. The Morgan fingerprint density at radius 2 is 1.88 bits per heavy atom. The maximum Gasteiger partial charge on any atom is 0.413 e. The van der Waals surface area contributed by atoms with Crippen molar-refractivity contribution in [3.05, 3.63) is 53.6 Å². The fourth-order valence-electron chi connectivity index (χ4n) is 2.36. The number of rotatable bonds is 5. The van der Waals surface area contributed by atoms with Gasteiger partial charge in [0.05, 0.1) is 24.8 Å². The first-order chi connectivity index (χ1) is 12.2. The fourth-order valence-corrected chi connectivity index (χ4v) is 2.36. The van der Waals surface area contributed by atoms with Crippen LogP contribution in [0.1, 0.15) is 18.1 Å². The largest absolute Gasteiger partial charge is 0.497 e. The summed E-state index contributed by atoms with van der Waals surface area (Å²) in [6, 6.07) is 13.7. The molecule has 0 radical (unpaired) electrons. The van der Waals surface area contributed by atoms with E-state index in [1.54, 1.807) is 14.0 Å². The van der Waals surface area contributed by atoms with Crippen LogP contribution in [0, 0.1) is 0 Å². The van der Waals surface area contributed by atoms with E-state index in [1.807, 2.05) is 54.6 Å². The molecule has 0 aliphatic carbocycles. The molecule has 0 aliphatic heterocycles. The standard InChI is InChI=1S/C19H19N3O3/c1-3-25-19(23)22-18-20-16-11-8-14(12-17(16)21-18)5-4-13-6-9-15(24-2)10-7-13/h4-12H,3H2,1-2H3,(H2,20,21,22,23)/b5-4+. The number of anilines is 1. The predicted octanol–water partition coefficient (Wildman–Crippen LogP) is 4.31. The second kappa shape index (κ2) is 7.53. The number of nitrogens with one attached hydrogen (secondary N) is 2. The molecule has 6 nitrogen and oxygen atoms in total. The summed E-state index contributed by atoms with van der Waals surface area (Å²) in [4.78, 5) is 18.8. The van der Waals surface area contributed by atoms with Crippen molar-refractivity contribution in [3.8, 4) is 5.75 Å². The molecule has 2 aromatic carbocycles. The van der Waals surface area contributed by atoms with E-state index in [0.717, 1.165) is 27.9 Å². The SMILES string of the molecule is CCOC(=O)Nc1nc2ccc(/C=C/c3ccc(OC)cc3)cc2[nH]1. The van der Waals surface area contributed by atoms with Crippen LogP contribution in [0.3, 0.4) is 0 Å². The summed E-state index contributed by atoms with van der Waals surface area (Å²) in [7, 11) is 1.65. The monoisotopic (exact) mass is 337 g/mol. The number of carbonyl (C=O) groups excluding carboxylic acids is 1. The summed E-state index contributed by atoms with van der Waals surface area (Å²) in [5.41, 5.74) is 3.71. The Kier molecular flexibility index (Phi) is 4.99. The van der Waals surface area contributed by atoms with Gasteiger partial charge in [-0.2, -0.15) is 0 Å². The third-order valence-electron chi connectivity index (χ3n) is 3.59. The summed E-state index contributed by atoms with van der Waals surface area (Å²) >= 11 is 0. The molecule has 3 aromatic rings. The van der Waals surface area contributed by atoms with Gasteiger partial charge < -0.3 is 14.5 Å². The van der Waals surface area contributed by atoms with Gasteiger partial charge in [0, 0.05) is 0 Å². The van der Waals surface area contributed by atoms with Gasteiger partial charge in [0.2, 0.25) is 5.95 Å². The third kappa shape index (κ3) is 4.17. The van der Waals surface area contributed by atoms with E-state index in [-0.39, 0.29) is 0 Å². The maximum atomic E-state index is 11.4. The molecule has 1 heterocycles. The van der Waals surface area contributed by atoms with Crippen LogP contribution in [-0.4, -0.2) is 29.8 Å². The lowest BCUT2D eigenvalue weighted by Gasteiger charge is -2.00. The lowest BCUT2D eigenvalue weighted by atomic mass is 10.1. The van der Waals surface area contributed by atoms with Gasteiger partial charge in [0.15, 0.2) is 0 Å². The van der Waals surface area contributed by atoms with Gasteiger partial charge >= 0.3 is 6.09 Å². The van der Waals surface area contributed by atoms with Crippen molar-refractivity contribution in [2.75, 3.05) is 19.0 Å². The number of aromatic nitrogens is 2. The molecule has 0 saturated heterocycles. The van der Waals surface area contributed by atoms with E-state index in [0.29, 0.717) is 12.6 Å². The highest BCUT2D eigenvalue weighted by atomic mass is 16.5. The summed E-state index contributed by atoms with van der Waals surface area (Å²) in [5.74, 6) is 1.20. The Morgan fingerprint density at radius 1 is 1.16 bits per heavy atom. The third-order valence-corrected chi connectivity index (χ3v) is 3.59. The zero-order valence-corrected chi connectivity index (χ0v) is 14.1. The summed E-state index contributed by atoms with van der Waals surface area (Å²) < 4.78 is 9.99. The fraction of sp³-hybridized carbons (Fsp3) is 0.158. The normalized spacial score (nSPS) is 11.0. The van der Waals surface area contributed by atoms with Gasteiger partial charge in [-0.15, -0.1) is 0 Å². The molecule has 1 aromatic heterocycles. The Hall–Kier alpha value is -3.28. The molecule has 2 N–H and O–H groups in total. The zero-order chi connectivity index (χ0) is 17.6. The van der Waals surface area contributed by atoms with Crippen LogP contribution in [0.2, 0.25) is 0 Å². The average Bonchev–Trinajstić information content (AvgIpc) is 3.01. The van der Waals surface area contributed by atoms with Crippen molar-refractivity contribution in [1.82, 2.24) is 9.97 Å². The van der Waals surface area contributed by atoms with E-state index >= 15 is 0 Å². The minimum Gasteiger partial charge on any atom is -0.497 e.